The maximum absolute atomic E-state index is 5.59. The zero-order valence-electron chi connectivity index (χ0n) is 24.8. The molecule has 0 spiro atoms. The molecule has 3 aromatic rings. The van der Waals surface area contributed by atoms with Gasteiger partial charge < -0.3 is 24.7 Å². The highest BCUT2D eigenvalue weighted by atomic mass is 16.5. The molecule has 2 heterocycles. The molecule has 1 aliphatic carbocycles. The second-order valence-electron chi connectivity index (χ2n) is 12.3. The Bertz CT molecular complexity index is 1230. The van der Waals surface area contributed by atoms with E-state index < -0.39 is 0 Å². The minimum absolute atomic E-state index is 0.383. The first-order valence-electron chi connectivity index (χ1n) is 15.0. The van der Waals surface area contributed by atoms with Gasteiger partial charge in [-0.2, -0.15) is 0 Å². The number of nitrogens with zero attached hydrogens (tertiary/aromatic N) is 2. The Hall–Kier alpha value is -2.70. The third-order valence-corrected chi connectivity index (χ3v) is 8.70. The molecule has 0 atom stereocenters. The van der Waals surface area contributed by atoms with Gasteiger partial charge in [0.25, 0.3) is 0 Å². The summed E-state index contributed by atoms with van der Waals surface area (Å²) in [5, 5.41) is 5.20. The van der Waals surface area contributed by atoms with E-state index in [1.54, 1.807) is 14.2 Å². The Morgan fingerprint density at radius 2 is 1.59 bits per heavy atom. The number of anilines is 1. The summed E-state index contributed by atoms with van der Waals surface area (Å²) in [7, 11) is 3.37. The molecule has 1 aromatic heterocycles. The number of piperazine rings is 1. The maximum atomic E-state index is 5.59. The van der Waals surface area contributed by atoms with Gasteiger partial charge in [0.15, 0.2) is 11.5 Å². The number of hydrogen-bond acceptors (Lipinski definition) is 5. The number of ether oxygens (including phenoxy) is 2. The Kier molecular flexibility index (Phi) is 8.73. The van der Waals surface area contributed by atoms with Crippen molar-refractivity contribution in [2.45, 2.75) is 71.4 Å². The second kappa shape index (κ2) is 12.2. The molecular formula is C33H48N4O2. The van der Waals surface area contributed by atoms with Gasteiger partial charge >= 0.3 is 0 Å². The standard InChI is InChI=1S/C33H48N4O2/c1-22(2)21-36-15-17-37(18-16-36)27-11-8-25(9-12-27)34-26-10-13-29-28(20-26)32(23(3)4)33(35-29)24-7-14-30(38-5)31(19-24)39-6/h7,10,13-14,19-20,22-23,25,27,34-35H,8-9,11-12,15-18,21H2,1-6H3. The van der Waals surface area contributed by atoms with Gasteiger partial charge in [-0.05, 0) is 79.5 Å². The summed E-state index contributed by atoms with van der Waals surface area (Å²) in [6.07, 6.45) is 5.09. The van der Waals surface area contributed by atoms with Crippen molar-refractivity contribution in [1.29, 1.82) is 0 Å². The van der Waals surface area contributed by atoms with Gasteiger partial charge in [0, 0.05) is 67.0 Å². The zero-order valence-corrected chi connectivity index (χ0v) is 24.8. The van der Waals surface area contributed by atoms with Crippen LogP contribution in [-0.4, -0.2) is 73.8 Å². The average Bonchev–Trinajstić information content (AvgIpc) is 3.32. The molecule has 1 saturated heterocycles. The SMILES string of the molecule is COc1ccc(-c2[nH]c3ccc(NC4CCC(N5CCN(CC(C)C)CC5)CC4)cc3c2C(C)C)cc1OC. The van der Waals surface area contributed by atoms with Gasteiger partial charge in [-0.15, -0.1) is 0 Å². The molecule has 2 aliphatic rings. The second-order valence-corrected chi connectivity index (χ2v) is 12.3. The Labute approximate surface area is 235 Å². The smallest absolute Gasteiger partial charge is 0.161 e. The lowest BCUT2D eigenvalue weighted by molar-refractivity contribution is 0.0720. The fourth-order valence-corrected chi connectivity index (χ4v) is 6.77. The number of aromatic amines is 1. The lowest BCUT2D eigenvalue weighted by Gasteiger charge is -2.42. The lowest BCUT2D eigenvalue weighted by atomic mass is 9.89. The molecule has 2 N–H and O–H groups in total. The maximum Gasteiger partial charge on any atom is 0.161 e. The molecule has 212 valence electrons. The van der Waals surface area contributed by atoms with Crippen LogP contribution in [0.25, 0.3) is 22.2 Å². The van der Waals surface area contributed by atoms with E-state index in [4.69, 9.17) is 9.47 Å². The van der Waals surface area contributed by atoms with E-state index in [9.17, 15) is 0 Å². The Morgan fingerprint density at radius 3 is 2.23 bits per heavy atom. The molecule has 1 saturated carbocycles. The molecule has 1 aliphatic heterocycles. The number of hydrogen-bond donors (Lipinski definition) is 2. The summed E-state index contributed by atoms with van der Waals surface area (Å²) in [6.45, 7) is 15.4. The van der Waals surface area contributed by atoms with Gasteiger partial charge in [-0.1, -0.05) is 27.7 Å². The van der Waals surface area contributed by atoms with Gasteiger partial charge in [-0.3, -0.25) is 4.90 Å². The highest BCUT2D eigenvalue weighted by molar-refractivity contribution is 5.93. The van der Waals surface area contributed by atoms with Crippen molar-refractivity contribution in [2.75, 3.05) is 52.3 Å². The third-order valence-electron chi connectivity index (χ3n) is 8.70. The summed E-state index contributed by atoms with van der Waals surface area (Å²) >= 11 is 0. The predicted octanol–water partition coefficient (Wildman–Crippen LogP) is 6.97. The molecule has 0 unspecified atom stereocenters. The van der Waals surface area contributed by atoms with Crippen LogP contribution in [0.15, 0.2) is 36.4 Å². The molecule has 6 nitrogen and oxygen atoms in total. The highest BCUT2D eigenvalue weighted by Crippen LogP contribution is 2.40. The van der Waals surface area contributed by atoms with E-state index >= 15 is 0 Å². The van der Waals surface area contributed by atoms with Crippen LogP contribution in [-0.2, 0) is 0 Å². The summed E-state index contributed by atoms with van der Waals surface area (Å²) in [5.41, 5.74) is 6.03. The number of aromatic nitrogens is 1. The first-order chi connectivity index (χ1) is 18.9. The number of nitrogens with one attached hydrogen (secondary N) is 2. The van der Waals surface area contributed by atoms with Crippen LogP contribution in [0.4, 0.5) is 5.69 Å². The first kappa shape index (κ1) is 27.9. The van der Waals surface area contributed by atoms with Crippen LogP contribution < -0.4 is 14.8 Å². The largest absolute Gasteiger partial charge is 0.493 e. The van der Waals surface area contributed by atoms with Crippen LogP contribution in [0.2, 0.25) is 0 Å². The van der Waals surface area contributed by atoms with Crippen molar-refractivity contribution < 1.29 is 9.47 Å². The minimum Gasteiger partial charge on any atom is -0.493 e. The number of methoxy groups -OCH3 is 2. The van der Waals surface area contributed by atoms with Gasteiger partial charge in [0.1, 0.15) is 0 Å². The normalized spacial score (nSPS) is 21.1. The molecule has 0 amide bonds. The fourth-order valence-electron chi connectivity index (χ4n) is 6.77. The molecule has 5 rings (SSSR count). The average molecular weight is 533 g/mol. The molecule has 2 aromatic carbocycles. The van der Waals surface area contributed by atoms with Crippen molar-refractivity contribution in [1.82, 2.24) is 14.8 Å². The number of fused-ring (bicyclic) bond motifs is 1. The van der Waals surface area contributed by atoms with E-state index in [0.29, 0.717) is 12.0 Å². The molecule has 6 heteroatoms. The monoisotopic (exact) mass is 532 g/mol. The van der Waals surface area contributed by atoms with Crippen LogP contribution in [0.3, 0.4) is 0 Å². The number of rotatable bonds is 9. The first-order valence-corrected chi connectivity index (χ1v) is 15.0. The quantitative estimate of drug-likeness (QED) is 0.312. The summed E-state index contributed by atoms with van der Waals surface area (Å²) in [5.74, 6) is 2.64. The van der Waals surface area contributed by atoms with Gasteiger partial charge in [-0.25, -0.2) is 0 Å². The van der Waals surface area contributed by atoms with E-state index in [1.807, 2.05) is 6.07 Å². The number of H-pyrrole nitrogens is 1. The molecule has 0 radical (unpaired) electrons. The van der Waals surface area contributed by atoms with Crippen molar-refractivity contribution in [3.63, 3.8) is 0 Å². The summed E-state index contributed by atoms with van der Waals surface area (Å²) < 4.78 is 11.0. The molecule has 0 bridgehead atoms. The van der Waals surface area contributed by atoms with Crippen molar-refractivity contribution in [3.8, 4) is 22.8 Å². The summed E-state index contributed by atoms with van der Waals surface area (Å²) in [6, 6.07) is 14.3. The van der Waals surface area contributed by atoms with Crippen molar-refractivity contribution in [2.24, 2.45) is 5.92 Å². The molecule has 39 heavy (non-hydrogen) atoms. The number of benzene rings is 2. The third kappa shape index (κ3) is 6.22. The van der Waals surface area contributed by atoms with E-state index in [2.05, 4.69) is 78.1 Å². The highest BCUT2D eigenvalue weighted by Gasteiger charge is 2.28. The van der Waals surface area contributed by atoms with E-state index in [0.717, 1.165) is 34.7 Å². The van der Waals surface area contributed by atoms with E-state index in [-0.39, 0.29) is 0 Å². The van der Waals surface area contributed by atoms with Gasteiger partial charge in [0.2, 0.25) is 0 Å². The fraction of sp³-hybridized carbons (Fsp3) is 0.576. The minimum atomic E-state index is 0.383. The lowest BCUT2D eigenvalue weighted by Crippen LogP contribution is -2.52. The molecule has 2 fully saturated rings. The molecular weight excluding hydrogens is 484 g/mol. The van der Waals surface area contributed by atoms with E-state index in [1.165, 1.54) is 80.6 Å². The van der Waals surface area contributed by atoms with Crippen LogP contribution in [0, 0.1) is 5.92 Å². The van der Waals surface area contributed by atoms with Crippen molar-refractivity contribution >= 4 is 16.6 Å². The van der Waals surface area contributed by atoms with Crippen LogP contribution in [0.1, 0.15) is 64.9 Å². The summed E-state index contributed by atoms with van der Waals surface area (Å²) in [4.78, 5) is 9.12. The Balaban J connectivity index is 1.26. The zero-order chi connectivity index (χ0) is 27.5. The Morgan fingerprint density at radius 1 is 0.872 bits per heavy atom. The topological polar surface area (TPSA) is 52.8 Å². The van der Waals surface area contributed by atoms with Crippen LogP contribution >= 0.6 is 0 Å². The van der Waals surface area contributed by atoms with Gasteiger partial charge in [0.05, 0.1) is 19.9 Å². The predicted molar refractivity (Wildman–Crippen MR) is 163 cm³/mol. The van der Waals surface area contributed by atoms with Crippen molar-refractivity contribution in [3.05, 3.63) is 42.0 Å². The van der Waals surface area contributed by atoms with Crippen LogP contribution in [0.5, 0.6) is 11.5 Å².